The molecule has 0 atom stereocenters. The van der Waals surface area contributed by atoms with E-state index >= 15 is 0 Å². The molecule has 0 rings (SSSR count). The van der Waals surface area contributed by atoms with Crippen molar-refractivity contribution >= 4 is 26.7 Å². The van der Waals surface area contributed by atoms with Gasteiger partial charge in [0.1, 0.15) is 0 Å². The first-order valence-electron chi connectivity index (χ1n) is 1.33. The summed E-state index contributed by atoms with van der Waals surface area (Å²) in [5, 5.41) is 0. The molecular formula is O8Se2Th. The topological polar surface area (TPSA) is 161 Å². The summed E-state index contributed by atoms with van der Waals surface area (Å²) in [6.07, 6.45) is 0. The van der Waals surface area contributed by atoms with Crippen molar-refractivity contribution in [2.45, 2.75) is 0 Å². The molecular weight excluding hydrogens is 518 g/mol. The van der Waals surface area contributed by atoms with Gasteiger partial charge in [-0.25, -0.2) is 0 Å². The molecule has 0 saturated carbocycles. The van der Waals surface area contributed by atoms with Crippen LogP contribution in [0.1, 0.15) is 0 Å². The zero-order chi connectivity index (χ0) is 9.00. The Morgan fingerprint density at radius 3 is 0.636 bits per heavy atom. The van der Waals surface area contributed by atoms with E-state index in [-0.39, 0.29) is 39.9 Å². The van der Waals surface area contributed by atoms with Crippen LogP contribution >= 0.6 is 0 Å². The summed E-state index contributed by atoms with van der Waals surface area (Å²) >= 11 is -11.5. The smallest absolute Gasteiger partial charge is 4.00 e. The van der Waals surface area contributed by atoms with Crippen LogP contribution in [0, 0.1) is 39.9 Å². The Morgan fingerprint density at radius 1 is 0.636 bits per heavy atom. The minimum Gasteiger partial charge on any atom is 4.00 e. The first-order valence-corrected chi connectivity index (χ1v) is 6.93. The van der Waals surface area contributed by atoms with Crippen molar-refractivity contribution in [1.29, 1.82) is 0 Å². The molecule has 0 aliphatic rings. The predicted molar refractivity (Wildman–Crippen MR) is 14.3 cm³/mol. The van der Waals surface area contributed by atoms with Crippen LogP contribution in [0.15, 0.2) is 0 Å². The monoisotopic (exact) mass is 520 g/mol. The van der Waals surface area contributed by atoms with Gasteiger partial charge in [-0.15, -0.1) is 0 Å². The normalized spacial score (nSPS) is 10.5. The van der Waals surface area contributed by atoms with Gasteiger partial charge in [-0.05, 0) is 0 Å². The number of hydrogen-bond acceptors (Lipinski definition) is 8. The van der Waals surface area contributed by atoms with Crippen LogP contribution in [0.5, 0.6) is 0 Å². The molecule has 0 aromatic carbocycles. The summed E-state index contributed by atoms with van der Waals surface area (Å²) in [4.78, 5) is 0. The molecule has 0 N–H and O–H groups in total. The largest absolute Gasteiger partial charge is 4.00 e. The van der Waals surface area contributed by atoms with Crippen LogP contribution in [-0.2, 0) is 15.3 Å². The van der Waals surface area contributed by atoms with E-state index in [1.807, 2.05) is 0 Å². The van der Waals surface area contributed by atoms with Crippen molar-refractivity contribution in [3.8, 4) is 0 Å². The Labute approximate surface area is 97.5 Å². The summed E-state index contributed by atoms with van der Waals surface area (Å²) in [5.41, 5.74) is 0. The molecule has 0 saturated heterocycles. The Balaban J connectivity index is -0.000000107. The minimum atomic E-state index is -5.75. The van der Waals surface area contributed by atoms with E-state index in [2.05, 4.69) is 0 Å². The summed E-state index contributed by atoms with van der Waals surface area (Å²) in [5.74, 6) is 0. The van der Waals surface area contributed by atoms with Crippen LogP contribution in [0.2, 0.25) is 0 Å². The molecule has 0 aromatic rings. The van der Waals surface area contributed by atoms with Gasteiger partial charge in [0.15, 0.2) is 0 Å². The van der Waals surface area contributed by atoms with Crippen LogP contribution in [0.25, 0.3) is 0 Å². The van der Waals surface area contributed by atoms with Gasteiger partial charge in [0.2, 0.25) is 0 Å². The maximum atomic E-state index is 8.59. The molecule has 0 aromatic heterocycles. The molecule has 0 spiro atoms. The zero-order valence-electron chi connectivity index (χ0n) is 4.58. The second-order valence-corrected chi connectivity index (χ2v) is 4.24. The summed E-state index contributed by atoms with van der Waals surface area (Å²) in [6, 6.07) is 0. The van der Waals surface area contributed by atoms with E-state index in [0.29, 0.717) is 0 Å². The Bertz CT molecular complexity index is 208. The first-order chi connectivity index (χ1) is 4.00. The second kappa shape index (κ2) is 6.87. The van der Waals surface area contributed by atoms with Gasteiger partial charge >= 0.3 is 98.8 Å². The molecule has 0 fully saturated rings. The van der Waals surface area contributed by atoms with E-state index in [9.17, 15) is 0 Å². The van der Waals surface area contributed by atoms with E-state index in [1.54, 1.807) is 0 Å². The average Bonchev–Trinajstić information content (AvgIpc) is 1.12. The van der Waals surface area contributed by atoms with Crippen molar-refractivity contribution in [3.63, 3.8) is 0 Å². The van der Waals surface area contributed by atoms with Gasteiger partial charge < -0.3 is 0 Å². The fourth-order valence-electron chi connectivity index (χ4n) is 0. The van der Waals surface area contributed by atoms with Crippen molar-refractivity contribution in [3.05, 3.63) is 0 Å². The molecule has 0 aliphatic heterocycles. The third-order valence-corrected chi connectivity index (χ3v) is 0. The molecule has 0 radical (unpaired) electrons. The molecule has 0 bridgehead atoms. The van der Waals surface area contributed by atoms with Crippen molar-refractivity contribution < 1.29 is 72.0 Å². The maximum absolute atomic E-state index is 8.59. The van der Waals surface area contributed by atoms with Crippen molar-refractivity contribution in [2.75, 3.05) is 0 Å². The van der Waals surface area contributed by atoms with Crippen molar-refractivity contribution in [1.82, 2.24) is 0 Å². The molecule has 0 heterocycles. The second-order valence-electron chi connectivity index (χ2n) is 0.816. The quantitative estimate of drug-likeness (QED) is 0.287. The molecule has 64 valence electrons. The summed E-state index contributed by atoms with van der Waals surface area (Å²) in [6.45, 7) is 0. The standard InChI is InChI=1S/2H2O4Se.Th/c2*1-5(2,3)4;/h2*(H2,1,2,3,4);/q;;+4/p-4. The Morgan fingerprint density at radius 2 is 0.636 bits per heavy atom. The van der Waals surface area contributed by atoms with E-state index in [0.717, 1.165) is 0 Å². The summed E-state index contributed by atoms with van der Waals surface area (Å²) < 4.78 is 68.8. The maximum Gasteiger partial charge on any atom is 4.00 e. The Kier molecular flexibility index (Phi) is 11.4. The van der Waals surface area contributed by atoms with Gasteiger partial charge in [0.25, 0.3) is 0 Å². The molecule has 0 aliphatic carbocycles. The molecule has 11 heavy (non-hydrogen) atoms. The SMILES string of the molecule is O=[Se](=O)([O-])[O-].O=[Se](=O)([O-])[O-].[Th+4]. The molecule has 0 amide bonds. The van der Waals surface area contributed by atoms with Gasteiger partial charge in [-0.2, -0.15) is 0 Å². The van der Waals surface area contributed by atoms with E-state index in [1.165, 1.54) is 0 Å². The third-order valence-electron chi connectivity index (χ3n) is 0. The molecule has 0 unspecified atom stereocenters. The molecule has 8 nitrogen and oxygen atoms in total. The molecule has 11 heteroatoms. The van der Waals surface area contributed by atoms with Crippen LogP contribution in [-0.4, -0.2) is 26.7 Å². The fraction of sp³-hybridized carbons (Fsp3) is 0. The van der Waals surface area contributed by atoms with Gasteiger partial charge in [0, 0.05) is 0 Å². The van der Waals surface area contributed by atoms with Crippen LogP contribution in [0.3, 0.4) is 0 Å². The van der Waals surface area contributed by atoms with Crippen LogP contribution < -0.4 is 16.8 Å². The van der Waals surface area contributed by atoms with Crippen LogP contribution in [0.4, 0.5) is 0 Å². The van der Waals surface area contributed by atoms with Gasteiger partial charge in [-0.1, -0.05) is 0 Å². The number of rotatable bonds is 0. The van der Waals surface area contributed by atoms with Crippen molar-refractivity contribution in [2.24, 2.45) is 0 Å². The summed E-state index contributed by atoms with van der Waals surface area (Å²) in [7, 11) is 0. The van der Waals surface area contributed by atoms with Gasteiger partial charge in [0.05, 0.1) is 0 Å². The Hall–Kier alpha value is 1.40. The van der Waals surface area contributed by atoms with E-state index < -0.39 is 26.7 Å². The third kappa shape index (κ3) is 512. The average molecular weight is 518 g/mol. The predicted octanol–water partition coefficient (Wildman–Crippen LogP) is -5.99. The fourth-order valence-corrected chi connectivity index (χ4v) is 0. The zero-order valence-corrected chi connectivity index (χ0v) is 12.1. The minimum absolute atomic E-state index is 0. The first kappa shape index (κ1) is 18.2. The van der Waals surface area contributed by atoms with E-state index in [4.69, 9.17) is 32.1 Å². The van der Waals surface area contributed by atoms with Gasteiger partial charge in [-0.3, -0.25) is 0 Å². The number of hydrogen-bond donors (Lipinski definition) is 0.